The van der Waals surface area contributed by atoms with Crippen LogP contribution in [0.25, 0.3) is 10.6 Å². The Morgan fingerprint density at radius 3 is 2.58 bits per heavy atom. The van der Waals surface area contributed by atoms with Gasteiger partial charge in [0, 0.05) is 18.1 Å². The van der Waals surface area contributed by atoms with Crippen LogP contribution in [0.1, 0.15) is 15.9 Å². The van der Waals surface area contributed by atoms with Crippen LogP contribution < -0.4 is 29.6 Å². The van der Waals surface area contributed by atoms with Gasteiger partial charge in [-0.1, -0.05) is 41.7 Å². The third-order valence-electron chi connectivity index (χ3n) is 5.83. The Labute approximate surface area is 222 Å². The first-order valence-corrected chi connectivity index (χ1v) is 12.5. The molecule has 1 aliphatic rings. The number of carbonyl (C=O) groups is 2. The Kier molecular flexibility index (Phi) is 7.36. The molecule has 2 heterocycles. The van der Waals surface area contributed by atoms with E-state index in [2.05, 4.69) is 20.8 Å². The normalized spacial score (nSPS) is 12.5. The molecule has 2 amide bonds. The van der Waals surface area contributed by atoms with Gasteiger partial charge in [-0.3, -0.25) is 14.9 Å². The van der Waals surface area contributed by atoms with Crippen LogP contribution in [0.2, 0.25) is 0 Å². The van der Waals surface area contributed by atoms with E-state index >= 15 is 0 Å². The number of benzene rings is 3. The second-order valence-corrected chi connectivity index (χ2v) is 9.23. The number of carbonyl (C=O) groups excluding carboxylic acids is 2. The number of anilines is 1. The number of aromatic nitrogens is 2. The van der Waals surface area contributed by atoms with Crippen LogP contribution in [0.4, 0.5) is 5.13 Å². The summed E-state index contributed by atoms with van der Waals surface area (Å²) in [6.07, 6.45) is 0.269. The quantitative estimate of drug-likeness (QED) is 0.333. The molecule has 1 aliphatic heterocycles. The second kappa shape index (κ2) is 11.2. The van der Waals surface area contributed by atoms with Crippen LogP contribution in [-0.2, 0) is 11.2 Å². The number of rotatable bonds is 9. The Bertz CT molecular complexity index is 1460. The summed E-state index contributed by atoms with van der Waals surface area (Å²) in [5.41, 5.74) is 1.95. The molecule has 11 heteroatoms. The summed E-state index contributed by atoms with van der Waals surface area (Å²) in [5.74, 6) is 1.29. The summed E-state index contributed by atoms with van der Waals surface area (Å²) in [5, 5.41) is 14.8. The Morgan fingerprint density at radius 2 is 1.79 bits per heavy atom. The molecule has 0 saturated heterocycles. The van der Waals surface area contributed by atoms with Crippen LogP contribution in [0.15, 0.2) is 66.7 Å². The van der Waals surface area contributed by atoms with Crippen LogP contribution in [0, 0.1) is 0 Å². The number of methoxy groups -OCH3 is 2. The Morgan fingerprint density at radius 1 is 0.974 bits per heavy atom. The molecular formula is C27H24N4O6S. The highest BCUT2D eigenvalue weighted by atomic mass is 32.1. The van der Waals surface area contributed by atoms with Crippen molar-refractivity contribution in [2.75, 3.05) is 26.3 Å². The SMILES string of the molecule is COc1ccc(C(=O)NC(Cc2ccccc2)C(=O)Nc2nnc(-c3ccc4c(c3)OCO4)s2)c(OC)c1. The minimum Gasteiger partial charge on any atom is -0.497 e. The molecule has 3 aromatic carbocycles. The molecule has 0 saturated carbocycles. The fourth-order valence-electron chi connectivity index (χ4n) is 3.89. The van der Waals surface area contributed by atoms with Gasteiger partial charge < -0.3 is 24.3 Å². The topological polar surface area (TPSA) is 121 Å². The van der Waals surface area contributed by atoms with E-state index in [1.54, 1.807) is 24.3 Å². The molecular weight excluding hydrogens is 508 g/mol. The molecule has 0 spiro atoms. The highest BCUT2D eigenvalue weighted by molar-refractivity contribution is 7.18. The van der Waals surface area contributed by atoms with E-state index in [0.717, 1.165) is 11.1 Å². The van der Waals surface area contributed by atoms with Crippen molar-refractivity contribution in [3.63, 3.8) is 0 Å². The van der Waals surface area contributed by atoms with Gasteiger partial charge in [0.25, 0.3) is 5.91 Å². The first-order valence-electron chi connectivity index (χ1n) is 11.6. The molecule has 1 unspecified atom stereocenters. The monoisotopic (exact) mass is 532 g/mol. The van der Waals surface area contributed by atoms with Crippen molar-refractivity contribution in [2.45, 2.75) is 12.5 Å². The van der Waals surface area contributed by atoms with E-state index in [0.29, 0.717) is 33.1 Å². The lowest BCUT2D eigenvalue weighted by molar-refractivity contribution is -0.118. The summed E-state index contributed by atoms with van der Waals surface area (Å²) in [6, 6.07) is 18.8. The average Bonchev–Trinajstić information content (AvgIpc) is 3.62. The zero-order valence-electron chi connectivity index (χ0n) is 20.6. The summed E-state index contributed by atoms with van der Waals surface area (Å²) < 4.78 is 21.4. The molecule has 5 rings (SSSR count). The molecule has 1 aromatic heterocycles. The first kappa shape index (κ1) is 25.0. The van der Waals surface area contributed by atoms with Crippen LogP contribution in [0.3, 0.4) is 0 Å². The number of nitrogens with one attached hydrogen (secondary N) is 2. The summed E-state index contributed by atoms with van der Waals surface area (Å²) in [4.78, 5) is 26.6. The predicted octanol–water partition coefficient (Wildman–Crippen LogP) is 3.93. The Hall–Kier alpha value is -4.64. The van der Waals surface area contributed by atoms with Crippen molar-refractivity contribution >= 4 is 28.3 Å². The van der Waals surface area contributed by atoms with Crippen molar-refractivity contribution in [1.29, 1.82) is 0 Å². The number of hydrogen-bond donors (Lipinski definition) is 2. The molecule has 0 radical (unpaired) electrons. The maximum absolute atomic E-state index is 13.4. The van der Waals surface area contributed by atoms with E-state index in [4.69, 9.17) is 18.9 Å². The van der Waals surface area contributed by atoms with Crippen molar-refractivity contribution in [3.05, 3.63) is 77.9 Å². The van der Waals surface area contributed by atoms with Crippen molar-refractivity contribution < 1.29 is 28.5 Å². The molecule has 194 valence electrons. The average molecular weight is 533 g/mol. The maximum Gasteiger partial charge on any atom is 0.255 e. The van der Waals surface area contributed by atoms with Gasteiger partial charge in [-0.05, 0) is 35.9 Å². The minimum absolute atomic E-state index is 0.174. The van der Waals surface area contributed by atoms with Crippen molar-refractivity contribution in [2.24, 2.45) is 0 Å². The van der Waals surface area contributed by atoms with E-state index in [-0.39, 0.29) is 18.8 Å². The molecule has 4 aromatic rings. The Balaban J connectivity index is 1.34. The predicted molar refractivity (Wildman–Crippen MR) is 141 cm³/mol. The number of nitrogens with zero attached hydrogens (tertiary/aromatic N) is 2. The molecule has 10 nitrogen and oxygen atoms in total. The molecule has 38 heavy (non-hydrogen) atoms. The van der Waals surface area contributed by atoms with Crippen LogP contribution in [0.5, 0.6) is 23.0 Å². The number of fused-ring (bicyclic) bond motifs is 1. The second-order valence-electron chi connectivity index (χ2n) is 8.25. The third kappa shape index (κ3) is 5.52. The first-order chi connectivity index (χ1) is 18.5. The van der Waals surface area contributed by atoms with Gasteiger partial charge in [-0.2, -0.15) is 0 Å². The zero-order chi connectivity index (χ0) is 26.5. The number of amides is 2. The molecule has 1 atom stereocenters. The lowest BCUT2D eigenvalue weighted by atomic mass is 10.0. The lowest BCUT2D eigenvalue weighted by Gasteiger charge is -2.19. The van der Waals surface area contributed by atoms with Gasteiger partial charge in [-0.15, -0.1) is 10.2 Å². The molecule has 0 fully saturated rings. The highest BCUT2D eigenvalue weighted by Gasteiger charge is 2.25. The van der Waals surface area contributed by atoms with Gasteiger partial charge >= 0.3 is 0 Å². The van der Waals surface area contributed by atoms with Gasteiger partial charge in [0.05, 0.1) is 19.8 Å². The standard InChI is InChI=1S/C27H24N4O6S/c1-34-18-9-10-19(22(14-18)35-2)24(32)28-20(12-16-6-4-3-5-7-16)25(33)29-27-31-30-26(38-27)17-8-11-21-23(13-17)37-15-36-21/h3-11,13-14,20H,12,15H2,1-2H3,(H,28,32)(H,29,31,33). The summed E-state index contributed by atoms with van der Waals surface area (Å²) in [7, 11) is 2.99. The largest absolute Gasteiger partial charge is 0.497 e. The number of hydrogen-bond acceptors (Lipinski definition) is 9. The third-order valence-corrected chi connectivity index (χ3v) is 6.72. The smallest absolute Gasteiger partial charge is 0.255 e. The fourth-order valence-corrected chi connectivity index (χ4v) is 4.64. The van der Waals surface area contributed by atoms with E-state index < -0.39 is 17.9 Å². The van der Waals surface area contributed by atoms with Gasteiger partial charge in [0.2, 0.25) is 17.8 Å². The fraction of sp³-hybridized carbons (Fsp3) is 0.185. The van der Waals surface area contributed by atoms with E-state index in [1.807, 2.05) is 42.5 Å². The molecule has 0 aliphatic carbocycles. The summed E-state index contributed by atoms with van der Waals surface area (Å²) in [6.45, 7) is 0.174. The van der Waals surface area contributed by atoms with Gasteiger partial charge in [-0.25, -0.2) is 0 Å². The van der Waals surface area contributed by atoms with Gasteiger partial charge in [0.1, 0.15) is 22.5 Å². The van der Waals surface area contributed by atoms with Crippen molar-refractivity contribution in [3.8, 4) is 33.6 Å². The highest BCUT2D eigenvalue weighted by Crippen LogP contribution is 2.37. The van der Waals surface area contributed by atoms with E-state index in [1.165, 1.54) is 25.6 Å². The number of ether oxygens (including phenoxy) is 4. The molecule has 2 N–H and O–H groups in total. The summed E-state index contributed by atoms with van der Waals surface area (Å²) >= 11 is 1.21. The van der Waals surface area contributed by atoms with E-state index in [9.17, 15) is 9.59 Å². The molecule has 0 bridgehead atoms. The van der Waals surface area contributed by atoms with Crippen LogP contribution in [-0.4, -0.2) is 49.1 Å². The van der Waals surface area contributed by atoms with Gasteiger partial charge in [0.15, 0.2) is 11.5 Å². The zero-order valence-corrected chi connectivity index (χ0v) is 21.4. The minimum atomic E-state index is -0.894. The van der Waals surface area contributed by atoms with Crippen molar-refractivity contribution in [1.82, 2.24) is 15.5 Å². The van der Waals surface area contributed by atoms with Crippen LogP contribution >= 0.6 is 11.3 Å². The maximum atomic E-state index is 13.4. The lowest BCUT2D eigenvalue weighted by Crippen LogP contribution is -2.45.